The fraction of sp³-hybridized carbons (Fsp3) is 0.143. The minimum Gasteiger partial charge on any atom is -0.258 e. The fourth-order valence-electron chi connectivity index (χ4n) is 1.81. The van der Waals surface area contributed by atoms with Gasteiger partial charge in [-0.05, 0) is 16.7 Å². The summed E-state index contributed by atoms with van der Waals surface area (Å²) in [5.41, 5.74) is 3.29. The van der Waals surface area contributed by atoms with Crippen LogP contribution >= 0.6 is 23.2 Å². The molecule has 98 valence electrons. The maximum absolute atomic E-state index is 11.0. The Kier molecular flexibility index (Phi) is 4.40. The van der Waals surface area contributed by atoms with Crippen molar-refractivity contribution in [3.63, 3.8) is 0 Å². The topological polar surface area (TPSA) is 43.1 Å². The summed E-state index contributed by atoms with van der Waals surface area (Å²) in [5.74, 6) is 0.577. The predicted molar refractivity (Wildman–Crippen MR) is 77.6 cm³/mol. The van der Waals surface area contributed by atoms with Crippen LogP contribution in [-0.2, 0) is 11.8 Å². The lowest BCUT2D eigenvalue weighted by atomic mass is 10.0. The number of hydrogen-bond donors (Lipinski definition) is 0. The van der Waals surface area contributed by atoms with E-state index in [0.717, 1.165) is 16.7 Å². The quantitative estimate of drug-likeness (QED) is 0.464. The second-order valence-electron chi connectivity index (χ2n) is 4.06. The molecule has 0 fully saturated rings. The highest BCUT2D eigenvalue weighted by atomic mass is 35.5. The van der Waals surface area contributed by atoms with Gasteiger partial charge in [0, 0.05) is 17.5 Å². The Bertz CT molecular complexity index is 597. The fourth-order valence-corrected chi connectivity index (χ4v) is 2.22. The summed E-state index contributed by atoms with van der Waals surface area (Å²) in [7, 11) is 0. The van der Waals surface area contributed by atoms with Gasteiger partial charge in [-0.15, -0.1) is 23.2 Å². The van der Waals surface area contributed by atoms with E-state index < -0.39 is 4.92 Å². The van der Waals surface area contributed by atoms with E-state index in [1.165, 1.54) is 0 Å². The van der Waals surface area contributed by atoms with Gasteiger partial charge in [-0.2, -0.15) is 0 Å². The van der Waals surface area contributed by atoms with Gasteiger partial charge in [0.1, 0.15) is 0 Å². The van der Waals surface area contributed by atoms with E-state index >= 15 is 0 Å². The molecule has 0 aliphatic carbocycles. The van der Waals surface area contributed by atoms with E-state index in [0.29, 0.717) is 11.4 Å². The zero-order chi connectivity index (χ0) is 13.8. The normalized spacial score (nSPS) is 10.4. The first kappa shape index (κ1) is 13.8. The van der Waals surface area contributed by atoms with Crippen LogP contribution in [0.2, 0.25) is 0 Å². The van der Waals surface area contributed by atoms with Gasteiger partial charge in [-0.1, -0.05) is 36.4 Å². The van der Waals surface area contributed by atoms with Crippen molar-refractivity contribution in [3.8, 4) is 11.1 Å². The van der Waals surface area contributed by atoms with Crippen LogP contribution in [0.25, 0.3) is 11.1 Å². The maximum Gasteiger partial charge on any atom is 0.274 e. The summed E-state index contributed by atoms with van der Waals surface area (Å²) in [5, 5.41) is 11.0. The molecule has 0 spiro atoms. The standard InChI is InChI=1S/C14H11Cl2NO2/c15-8-10-1-3-11(4-2-10)12-5-6-13(9-16)14(7-12)17(18)19/h1-7H,8-9H2. The van der Waals surface area contributed by atoms with Crippen LogP contribution in [0, 0.1) is 10.1 Å². The first-order valence-corrected chi connectivity index (χ1v) is 6.71. The molecular formula is C14H11Cl2NO2. The molecule has 0 aliphatic rings. The van der Waals surface area contributed by atoms with Gasteiger partial charge in [0.2, 0.25) is 0 Å². The molecule has 3 nitrogen and oxygen atoms in total. The van der Waals surface area contributed by atoms with Crippen LogP contribution in [-0.4, -0.2) is 4.92 Å². The van der Waals surface area contributed by atoms with Gasteiger partial charge in [-0.25, -0.2) is 0 Å². The van der Waals surface area contributed by atoms with E-state index in [4.69, 9.17) is 23.2 Å². The number of rotatable bonds is 4. The van der Waals surface area contributed by atoms with E-state index in [-0.39, 0.29) is 11.6 Å². The zero-order valence-electron chi connectivity index (χ0n) is 9.98. The Balaban J connectivity index is 2.44. The van der Waals surface area contributed by atoms with Crippen LogP contribution in [0.4, 0.5) is 5.69 Å². The number of nitro benzene ring substituents is 1. The van der Waals surface area contributed by atoms with E-state index in [2.05, 4.69) is 0 Å². The molecule has 5 heteroatoms. The molecule has 0 unspecified atom stereocenters. The zero-order valence-corrected chi connectivity index (χ0v) is 11.5. The Morgan fingerprint density at radius 1 is 0.947 bits per heavy atom. The molecule has 0 aliphatic heterocycles. The van der Waals surface area contributed by atoms with Crippen molar-refractivity contribution in [2.24, 2.45) is 0 Å². The van der Waals surface area contributed by atoms with Crippen LogP contribution in [0.5, 0.6) is 0 Å². The third kappa shape index (κ3) is 3.06. The first-order chi connectivity index (χ1) is 9.15. The minimum absolute atomic E-state index is 0.0499. The second-order valence-corrected chi connectivity index (χ2v) is 4.60. The third-order valence-electron chi connectivity index (χ3n) is 2.87. The first-order valence-electron chi connectivity index (χ1n) is 5.64. The predicted octanol–water partition coefficient (Wildman–Crippen LogP) is 4.74. The van der Waals surface area contributed by atoms with Crippen molar-refractivity contribution in [3.05, 3.63) is 63.7 Å². The highest BCUT2D eigenvalue weighted by Gasteiger charge is 2.14. The highest BCUT2D eigenvalue weighted by molar-refractivity contribution is 6.17. The smallest absolute Gasteiger partial charge is 0.258 e. The number of benzene rings is 2. The van der Waals surface area contributed by atoms with Crippen molar-refractivity contribution in [1.82, 2.24) is 0 Å². The van der Waals surface area contributed by atoms with Crippen molar-refractivity contribution in [1.29, 1.82) is 0 Å². The molecular weight excluding hydrogens is 285 g/mol. The highest BCUT2D eigenvalue weighted by Crippen LogP contribution is 2.28. The van der Waals surface area contributed by atoms with Crippen molar-refractivity contribution in [2.75, 3.05) is 0 Å². The summed E-state index contributed by atoms with van der Waals surface area (Å²) in [6.45, 7) is 0. The van der Waals surface area contributed by atoms with E-state index in [9.17, 15) is 10.1 Å². The molecule has 0 heterocycles. The van der Waals surface area contributed by atoms with Gasteiger partial charge < -0.3 is 0 Å². The molecule has 0 saturated heterocycles. The lowest BCUT2D eigenvalue weighted by molar-refractivity contribution is -0.385. The molecule has 0 bridgehead atoms. The molecule has 0 aromatic heterocycles. The molecule has 19 heavy (non-hydrogen) atoms. The average molecular weight is 296 g/mol. The van der Waals surface area contributed by atoms with Crippen LogP contribution in [0.3, 0.4) is 0 Å². The van der Waals surface area contributed by atoms with E-state index in [1.54, 1.807) is 12.1 Å². The van der Waals surface area contributed by atoms with Gasteiger partial charge in [-0.3, -0.25) is 10.1 Å². The summed E-state index contributed by atoms with van der Waals surface area (Å²) in [6.07, 6.45) is 0. The number of hydrogen-bond acceptors (Lipinski definition) is 2. The lowest BCUT2D eigenvalue weighted by Crippen LogP contribution is -1.94. The van der Waals surface area contributed by atoms with Crippen LogP contribution < -0.4 is 0 Å². The second kappa shape index (κ2) is 6.04. The lowest BCUT2D eigenvalue weighted by Gasteiger charge is -2.05. The summed E-state index contributed by atoms with van der Waals surface area (Å²) >= 11 is 11.4. The Labute approximate surface area is 120 Å². The minimum atomic E-state index is -0.408. The van der Waals surface area contributed by atoms with Gasteiger partial charge in [0.15, 0.2) is 0 Å². The van der Waals surface area contributed by atoms with Crippen LogP contribution in [0.15, 0.2) is 42.5 Å². The summed E-state index contributed by atoms with van der Waals surface area (Å²) < 4.78 is 0. The molecule has 2 aromatic carbocycles. The third-order valence-corrected chi connectivity index (χ3v) is 3.46. The molecule has 2 aromatic rings. The molecule has 0 N–H and O–H groups in total. The van der Waals surface area contributed by atoms with Crippen molar-refractivity contribution >= 4 is 28.9 Å². The van der Waals surface area contributed by atoms with Crippen LogP contribution in [0.1, 0.15) is 11.1 Å². The monoisotopic (exact) mass is 295 g/mol. The average Bonchev–Trinajstić information content (AvgIpc) is 2.46. The molecule has 0 saturated carbocycles. The molecule has 2 rings (SSSR count). The molecule has 0 amide bonds. The van der Waals surface area contributed by atoms with E-state index in [1.807, 2.05) is 30.3 Å². The molecule has 0 radical (unpaired) electrons. The van der Waals surface area contributed by atoms with Gasteiger partial charge in [0.05, 0.1) is 10.8 Å². The SMILES string of the molecule is O=[N+]([O-])c1cc(-c2ccc(CCl)cc2)ccc1CCl. The largest absolute Gasteiger partial charge is 0.274 e. The van der Waals surface area contributed by atoms with Crippen molar-refractivity contribution < 1.29 is 4.92 Å². The number of nitro groups is 1. The Hall–Kier alpha value is -1.58. The van der Waals surface area contributed by atoms with Crippen molar-refractivity contribution in [2.45, 2.75) is 11.8 Å². The number of nitrogens with zero attached hydrogens (tertiary/aromatic N) is 1. The Morgan fingerprint density at radius 2 is 1.58 bits per heavy atom. The summed E-state index contributed by atoms with van der Waals surface area (Å²) in [6, 6.07) is 12.7. The number of halogens is 2. The molecule has 0 atom stereocenters. The maximum atomic E-state index is 11.0. The van der Waals surface area contributed by atoms with Gasteiger partial charge >= 0.3 is 0 Å². The summed E-state index contributed by atoms with van der Waals surface area (Å²) in [4.78, 5) is 10.6. The Morgan fingerprint density at radius 3 is 2.11 bits per heavy atom. The number of alkyl halides is 2. The van der Waals surface area contributed by atoms with Gasteiger partial charge in [0.25, 0.3) is 5.69 Å².